The molecule has 0 radical (unpaired) electrons. The van der Waals surface area contributed by atoms with E-state index in [1.807, 2.05) is 30.3 Å². The van der Waals surface area contributed by atoms with Gasteiger partial charge in [-0.05, 0) is 41.5 Å². The van der Waals surface area contributed by atoms with E-state index < -0.39 is 6.04 Å². The highest BCUT2D eigenvalue weighted by Crippen LogP contribution is 2.31. The van der Waals surface area contributed by atoms with Crippen molar-refractivity contribution in [3.8, 4) is 0 Å². The second-order valence-corrected chi connectivity index (χ2v) is 5.42. The third kappa shape index (κ3) is 2.32. The van der Waals surface area contributed by atoms with Gasteiger partial charge in [-0.15, -0.1) is 0 Å². The molecule has 2 nitrogen and oxygen atoms in total. The highest BCUT2D eigenvalue weighted by Gasteiger charge is 2.15. The summed E-state index contributed by atoms with van der Waals surface area (Å²) in [5, 5.41) is 0.985. The number of benzene rings is 2. The van der Waals surface area contributed by atoms with Crippen LogP contribution in [0.15, 0.2) is 59.2 Å². The third-order valence-corrected chi connectivity index (χ3v) is 4.03. The number of rotatable bonds is 2. The normalized spacial score (nSPS) is 12.6. The van der Waals surface area contributed by atoms with Crippen molar-refractivity contribution in [1.82, 2.24) is 4.98 Å². The molecule has 0 bridgehead atoms. The summed E-state index contributed by atoms with van der Waals surface area (Å²) in [6, 6.07) is 13.8. The van der Waals surface area contributed by atoms with Gasteiger partial charge in [-0.1, -0.05) is 34.1 Å². The Balaban J connectivity index is 2.17. The minimum Gasteiger partial charge on any atom is -0.320 e. The van der Waals surface area contributed by atoms with Crippen molar-refractivity contribution in [2.24, 2.45) is 5.73 Å². The smallest absolute Gasteiger partial charge is 0.123 e. The molecule has 1 atom stereocenters. The predicted molar refractivity (Wildman–Crippen MR) is 81.9 cm³/mol. The largest absolute Gasteiger partial charge is 0.320 e. The van der Waals surface area contributed by atoms with Crippen molar-refractivity contribution < 1.29 is 4.39 Å². The molecule has 20 heavy (non-hydrogen) atoms. The van der Waals surface area contributed by atoms with Gasteiger partial charge in [-0.25, -0.2) is 4.39 Å². The van der Waals surface area contributed by atoms with Crippen molar-refractivity contribution >= 4 is 26.8 Å². The fourth-order valence-corrected chi connectivity index (χ4v) is 2.81. The van der Waals surface area contributed by atoms with Gasteiger partial charge in [0.05, 0.1) is 11.6 Å². The Labute approximate surface area is 124 Å². The van der Waals surface area contributed by atoms with E-state index in [0.717, 1.165) is 26.5 Å². The first kappa shape index (κ1) is 13.2. The fraction of sp³-hybridized carbons (Fsp3) is 0.0625. The molecule has 1 aromatic heterocycles. The van der Waals surface area contributed by atoms with Gasteiger partial charge >= 0.3 is 0 Å². The van der Waals surface area contributed by atoms with E-state index in [9.17, 15) is 4.39 Å². The van der Waals surface area contributed by atoms with Crippen LogP contribution in [0, 0.1) is 5.82 Å². The van der Waals surface area contributed by atoms with Gasteiger partial charge in [-0.2, -0.15) is 0 Å². The number of hydrogen-bond acceptors (Lipinski definition) is 2. The van der Waals surface area contributed by atoms with Gasteiger partial charge < -0.3 is 5.73 Å². The fourth-order valence-electron chi connectivity index (χ4n) is 2.32. The number of nitrogens with two attached hydrogens (primary N) is 1. The van der Waals surface area contributed by atoms with Crippen LogP contribution in [-0.2, 0) is 0 Å². The van der Waals surface area contributed by atoms with E-state index in [1.54, 1.807) is 12.3 Å². The van der Waals surface area contributed by atoms with Crippen LogP contribution in [0.5, 0.6) is 0 Å². The maximum absolute atomic E-state index is 13.4. The lowest BCUT2D eigenvalue weighted by Gasteiger charge is -2.16. The molecule has 0 fully saturated rings. The molecule has 0 saturated carbocycles. The van der Waals surface area contributed by atoms with Gasteiger partial charge in [0, 0.05) is 16.1 Å². The molecule has 0 aliphatic heterocycles. The van der Waals surface area contributed by atoms with Crippen molar-refractivity contribution in [1.29, 1.82) is 0 Å². The number of hydrogen-bond donors (Lipinski definition) is 1. The molecule has 3 rings (SSSR count). The first-order chi connectivity index (χ1) is 9.66. The summed E-state index contributed by atoms with van der Waals surface area (Å²) < 4.78 is 14.2. The molecule has 1 heterocycles. The molecule has 2 N–H and O–H groups in total. The molecule has 0 aliphatic rings. The number of halogens is 2. The second-order valence-electron chi connectivity index (χ2n) is 4.56. The van der Waals surface area contributed by atoms with Crippen LogP contribution in [0.2, 0.25) is 0 Å². The molecule has 3 aromatic rings. The predicted octanol–water partition coefficient (Wildman–Crippen LogP) is 4.18. The lowest BCUT2D eigenvalue weighted by molar-refractivity contribution is 0.623. The highest BCUT2D eigenvalue weighted by molar-refractivity contribution is 9.10. The van der Waals surface area contributed by atoms with Crippen molar-refractivity contribution in [2.75, 3.05) is 0 Å². The molecule has 2 aromatic carbocycles. The van der Waals surface area contributed by atoms with Gasteiger partial charge in [0.25, 0.3) is 0 Å². The third-order valence-electron chi connectivity index (χ3n) is 3.31. The Morgan fingerprint density at radius 3 is 2.75 bits per heavy atom. The molecule has 0 saturated heterocycles. The summed E-state index contributed by atoms with van der Waals surface area (Å²) in [6.07, 6.45) is 1.75. The Hall–Kier alpha value is -1.78. The average Bonchev–Trinajstić information content (AvgIpc) is 2.48. The zero-order valence-electron chi connectivity index (χ0n) is 10.6. The average molecular weight is 331 g/mol. The Bertz CT molecular complexity index is 768. The van der Waals surface area contributed by atoms with E-state index in [2.05, 4.69) is 20.9 Å². The molecule has 100 valence electrons. The van der Waals surface area contributed by atoms with Crippen molar-refractivity contribution in [2.45, 2.75) is 6.04 Å². The van der Waals surface area contributed by atoms with E-state index >= 15 is 0 Å². The molecule has 0 amide bonds. The topological polar surface area (TPSA) is 38.9 Å². The van der Waals surface area contributed by atoms with Crippen LogP contribution < -0.4 is 5.73 Å². The van der Waals surface area contributed by atoms with Crippen molar-refractivity contribution in [3.05, 3.63) is 76.1 Å². The summed E-state index contributed by atoms with van der Waals surface area (Å²) in [5.41, 5.74) is 8.87. The van der Waals surface area contributed by atoms with E-state index in [0.29, 0.717) is 0 Å². The van der Waals surface area contributed by atoms with Crippen LogP contribution in [0.3, 0.4) is 0 Å². The van der Waals surface area contributed by atoms with Gasteiger partial charge in [0.2, 0.25) is 0 Å². The van der Waals surface area contributed by atoms with Crippen LogP contribution in [-0.4, -0.2) is 4.98 Å². The minimum absolute atomic E-state index is 0.294. The van der Waals surface area contributed by atoms with Crippen LogP contribution in [0.1, 0.15) is 17.2 Å². The number of nitrogens with zero attached hydrogens (tertiary/aromatic N) is 1. The summed E-state index contributed by atoms with van der Waals surface area (Å²) in [4.78, 5) is 4.32. The maximum Gasteiger partial charge on any atom is 0.123 e. The van der Waals surface area contributed by atoms with Crippen LogP contribution in [0.4, 0.5) is 4.39 Å². The second kappa shape index (κ2) is 5.31. The van der Waals surface area contributed by atoms with E-state index in [1.165, 1.54) is 12.1 Å². The van der Waals surface area contributed by atoms with E-state index in [4.69, 9.17) is 5.73 Å². The van der Waals surface area contributed by atoms with Gasteiger partial charge in [-0.3, -0.25) is 4.98 Å². The summed E-state index contributed by atoms with van der Waals surface area (Å²) in [6.45, 7) is 0. The van der Waals surface area contributed by atoms with Gasteiger partial charge in [0.1, 0.15) is 5.82 Å². The lowest BCUT2D eigenvalue weighted by atomic mass is 9.96. The lowest BCUT2D eigenvalue weighted by Crippen LogP contribution is -2.13. The zero-order valence-corrected chi connectivity index (χ0v) is 12.1. The first-order valence-electron chi connectivity index (χ1n) is 6.21. The molecule has 4 heteroatoms. The molecule has 1 unspecified atom stereocenters. The molecule has 0 aliphatic carbocycles. The number of pyridine rings is 1. The standard InChI is InChI=1S/C16H12BrFN2/c17-14-7-6-10(18)9-13(14)16(19)12-3-1-5-15-11(12)4-2-8-20-15/h1-9,16H,19H2. The van der Waals surface area contributed by atoms with Crippen molar-refractivity contribution in [3.63, 3.8) is 0 Å². The van der Waals surface area contributed by atoms with Crippen LogP contribution in [0.25, 0.3) is 10.9 Å². The SMILES string of the molecule is NC(c1cc(F)ccc1Br)c1cccc2ncccc12. The molecular formula is C16H12BrFN2. The molecule has 0 spiro atoms. The highest BCUT2D eigenvalue weighted by atomic mass is 79.9. The maximum atomic E-state index is 13.4. The summed E-state index contributed by atoms with van der Waals surface area (Å²) in [7, 11) is 0. The Kier molecular flexibility index (Phi) is 3.51. The number of fused-ring (bicyclic) bond motifs is 1. The van der Waals surface area contributed by atoms with Crippen LogP contribution >= 0.6 is 15.9 Å². The first-order valence-corrected chi connectivity index (χ1v) is 7.00. The van der Waals surface area contributed by atoms with Gasteiger partial charge in [0.15, 0.2) is 0 Å². The number of aromatic nitrogens is 1. The minimum atomic E-state index is -0.409. The molecular weight excluding hydrogens is 319 g/mol. The summed E-state index contributed by atoms with van der Waals surface area (Å²) >= 11 is 3.43. The quantitative estimate of drug-likeness (QED) is 0.765. The zero-order chi connectivity index (χ0) is 14.1. The van der Waals surface area contributed by atoms with E-state index in [-0.39, 0.29) is 5.82 Å². The summed E-state index contributed by atoms with van der Waals surface area (Å²) in [5.74, 6) is -0.294. The Morgan fingerprint density at radius 1 is 1.05 bits per heavy atom. The monoisotopic (exact) mass is 330 g/mol. The Morgan fingerprint density at radius 2 is 1.90 bits per heavy atom.